The predicted molar refractivity (Wildman–Crippen MR) is 48.9 cm³/mol. The molecule has 0 aromatic carbocycles. The first kappa shape index (κ1) is 15.0. The number of pyridine rings is 1. The van der Waals surface area contributed by atoms with Crippen LogP contribution in [0.5, 0.6) is 5.88 Å². The maximum Gasteiger partial charge on any atom is 0.574 e. The molecule has 0 unspecified atom stereocenters. The first-order valence-corrected chi connectivity index (χ1v) is 5.60. The van der Waals surface area contributed by atoms with Gasteiger partial charge in [0.15, 0.2) is 0 Å². The highest BCUT2D eigenvalue weighted by atomic mass is 32.2. The van der Waals surface area contributed by atoms with Crippen LogP contribution in [0.15, 0.2) is 11.1 Å². The summed E-state index contributed by atoms with van der Waals surface area (Å²) < 4.78 is 73.8. The van der Waals surface area contributed by atoms with Gasteiger partial charge in [-0.1, -0.05) is 0 Å². The molecule has 0 saturated heterocycles. The molecule has 0 radical (unpaired) electrons. The molecule has 0 bridgehead atoms. The van der Waals surface area contributed by atoms with Crippen LogP contribution in [0.3, 0.4) is 0 Å². The second-order valence-electron chi connectivity index (χ2n) is 2.95. The number of ether oxygens (including phenoxy) is 1. The molecule has 0 spiro atoms. The number of nitro groups is 1. The van der Waals surface area contributed by atoms with Gasteiger partial charge in [-0.2, -0.15) is 9.37 Å². The van der Waals surface area contributed by atoms with Gasteiger partial charge in [-0.3, -0.25) is 10.1 Å². The number of alkyl halides is 3. The van der Waals surface area contributed by atoms with Gasteiger partial charge in [-0.15, -0.1) is 13.2 Å². The minimum atomic E-state index is -5.29. The van der Waals surface area contributed by atoms with Crippen molar-refractivity contribution in [2.24, 2.45) is 5.14 Å². The van der Waals surface area contributed by atoms with E-state index in [4.69, 9.17) is 0 Å². The summed E-state index contributed by atoms with van der Waals surface area (Å²) in [6, 6.07) is -0.0830. The van der Waals surface area contributed by atoms with Gasteiger partial charge in [0, 0.05) is 6.07 Å². The van der Waals surface area contributed by atoms with Gasteiger partial charge >= 0.3 is 12.0 Å². The maximum absolute atomic E-state index is 13.2. The summed E-state index contributed by atoms with van der Waals surface area (Å²) in [6.07, 6.45) is -5.29. The number of hydrogen-bond donors (Lipinski definition) is 1. The lowest BCUT2D eigenvalue weighted by molar-refractivity contribution is -0.391. The smallest absolute Gasteiger partial charge is 0.388 e. The summed E-state index contributed by atoms with van der Waals surface area (Å²) in [4.78, 5) is 11.6. The van der Waals surface area contributed by atoms with Crippen LogP contribution in [0.2, 0.25) is 0 Å². The van der Waals surface area contributed by atoms with E-state index in [0.29, 0.717) is 0 Å². The lowest BCUT2D eigenvalue weighted by atomic mass is 10.4. The molecule has 0 aliphatic heterocycles. The Morgan fingerprint density at radius 3 is 2.32 bits per heavy atom. The average molecular weight is 305 g/mol. The Balaban J connectivity index is 3.53. The summed E-state index contributed by atoms with van der Waals surface area (Å²) >= 11 is 0. The molecule has 19 heavy (non-hydrogen) atoms. The van der Waals surface area contributed by atoms with Crippen molar-refractivity contribution in [2.45, 2.75) is 11.4 Å². The van der Waals surface area contributed by atoms with Crippen molar-refractivity contribution in [3.63, 3.8) is 0 Å². The second kappa shape index (κ2) is 4.58. The SMILES string of the molecule is NS(=O)(=O)c1nc(OC(F)(F)F)cc(F)c1[N+](=O)[O-]. The topological polar surface area (TPSA) is 125 Å². The van der Waals surface area contributed by atoms with Crippen LogP contribution in [0.25, 0.3) is 0 Å². The van der Waals surface area contributed by atoms with Crippen LogP contribution in [0, 0.1) is 15.9 Å². The van der Waals surface area contributed by atoms with E-state index >= 15 is 0 Å². The van der Waals surface area contributed by atoms with Crippen LogP contribution in [0.1, 0.15) is 0 Å². The number of nitrogens with two attached hydrogens (primary N) is 1. The molecule has 1 heterocycles. The molecule has 0 amide bonds. The number of halogens is 4. The fourth-order valence-electron chi connectivity index (χ4n) is 0.999. The first-order chi connectivity index (χ1) is 8.42. The van der Waals surface area contributed by atoms with Crippen LogP contribution < -0.4 is 9.88 Å². The van der Waals surface area contributed by atoms with Crippen molar-refractivity contribution >= 4 is 15.7 Å². The van der Waals surface area contributed by atoms with Gasteiger partial charge in [0.25, 0.3) is 15.0 Å². The van der Waals surface area contributed by atoms with E-state index in [1.807, 2.05) is 0 Å². The third-order valence-corrected chi connectivity index (χ3v) is 2.39. The zero-order valence-corrected chi connectivity index (χ0v) is 9.33. The van der Waals surface area contributed by atoms with Crippen LogP contribution in [0.4, 0.5) is 23.2 Å². The molecule has 1 aromatic rings. The van der Waals surface area contributed by atoms with E-state index in [0.717, 1.165) is 0 Å². The fraction of sp³-hybridized carbons (Fsp3) is 0.167. The molecule has 0 aliphatic rings. The molecule has 0 aliphatic carbocycles. The summed E-state index contributed by atoms with van der Waals surface area (Å²) in [6.45, 7) is 0. The summed E-state index contributed by atoms with van der Waals surface area (Å²) in [5.41, 5.74) is -1.67. The molecule has 8 nitrogen and oxygen atoms in total. The Labute approximate surface area is 102 Å². The van der Waals surface area contributed by atoms with Gasteiger partial charge in [0.2, 0.25) is 11.7 Å². The Bertz CT molecular complexity index is 628. The molecule has 13 heteroatoms. The van der Waals surface area contributed by atoms with E-state index in [1.54, 1.807) is 0 Å². The van der Waals surface area contributed by atoms with Crippen molar-refractivity contribution in [3.8, 4) is 5.88 Å². The van der Waals surface area contributed by atoms with E-state index in [2.05, 4.69) is 14.9 Å². The second-order valence-corrected chi connectivity index (χ2v) is 4.42. The Hall–Kier alpha value is -2.02. The minimum Gasteiger partial charge on any atom is -0.388 e. The normalized spacial score (nSPS) is 12.3. The van der Waals surface area contributed by atoms with E-state index in [-0.39, 0.29) is 6.07 Å². The van der Waals surface area contributed by atoms with Gasteiger partial charge < -0.3 is 4.74 Å². The minimum absolute atomic E-state index is 0.0830. The highest BCUT2D eigenvalue weighted by Gasteiger charge is 2.36. The summed E-state index contributed by atoms with van der Waals surface area (Å²) in [7, 11) is -4.92. The van der Waals surface area contributed by atoms with Crippen molar-refractivity contribution in [2.75, 3.05) is 0 Å². The molecule has 0 atom stereocenters. The number of nitrogens with zero attached hydrogens (tertiary/aromatic N) is 2. The lowest BCUT2D eigenvalue weighted by Crippen LogP contribution is -2.21. The van der Waals surface area contributed by atoms with Gasteiger partial charge in [-0.05, 0) is 0 Å². The van der Waals surface area contributed by atoms with Crippen LogP contribution in [-0.2, 0) is 10.0 Å². The number of rotatable bonds is 3. The quantitative estimate of drug-likeness (QED) is 0.497. The van der Waals surface area contributed by atoms with Gasteiger partial charge in [0.1, 0.15) is 0 Å². The van der Waals surface area contributed by atoms with Gasteiger partial charge in [0.05, 0.1) is 4.92 Å². The standard InChI is InChI=1S/C6H3F4N3O5S/c7-2-1-3(18-6(8,9)10)12-5(19(11,16)17)4(2)13(14)15/h1H,(H2,11,16,17). The van der Waals surface area contributed by atoms with Crippen LogP contribution in [-0.4, -0.2) is 24.7 Å². The third-order valence-electron chi connectivity index (χ3n) is 1.56. The summed E-state index contributed by atoms with van der Waals surface area (Å²) in [5, 5.41) is 13.3. The lowest BCUT2D eigenvalue weighted by Gasteiger charge is -2.09. The fourth-order valence-corrected chi connectivity index (χ4v) is 1.66. The largest absolute Gasteiger partial charge is 0.574 e. The van der Waals surface area contributed by atoms with Crippen molar-refractivity contribution in [1.29, 1.82) is 0 Å². The third kappa shape index (κ3) is 3.72. The molecule has 1 aromatic heterocycles. The van der Waals surface area contributed by atoms with E-state index in [9.17, 15) is 36.1 Å². The first-order valence-electron chi connectivity index (χ1n) is 4.05. The Morgan fingerprint density at radius 2 is 1.95 bits per heavy atom. The highest BCUT2D eigenvalue weighted by Crippen LogP contribution is 2.30. The Kier molecular flexibility index (Phi) is 3.63. The van der Waals surface area contributed by atoms with Gasteiger partial charge in [-0.25, -0.2) is 13.6 Å². The molecule has 0 fully saturated rings. The number of aromatic nitrogens is 1. The van der Waals surface area contributed by atoms with Crippen molar-refractivity contribution in [1.82, 2.24) is 4.98 Å². The molecule has 2 N–H and O–H groups in total. The summed E-state index contributed by atoms with van der Waals surface area (Å²) in [5.74, 6) is -3.41. The average Bonchev–Trinajstić information content (AvgIpc) is 2.11. The van der Waals surface area contributed by atoms with Crippen LogP contribution >= 0.6 is 0 Å². The monoisotopic (exact) mass is 305 g/mol. The molecule has 106 valence electrons. The Morgan fingerprint density at radius 1 is 1.42 bits per heavy atom. The number of sulfonamides is 1. The zero-order valence-electron chi connectivity index (χ0n) is 8.51. The molecule has 1 rings (SSSR count). The van der Waals surface area contributed by atoms with Crippen molar-refractivity contribution in [3.05, 3.63) is 22.0 Å². The predicted octanol–water partition coefficient (Wildman–Crippen LogP) is 0.675. The molecule has 0 saturated carbocycles. The van der Waals surface area contributed by atoms with E-state index in [1.165, 1.54) is 0 Å². The number of hydrogen-bond acceptors (Lipinski definition) is 6. The van der Waals surface area contributed by atoms with E-state index < -0.39 is 43.7 Å². The zero-order chi connectivity index (χ0) is 15.0. The highest BCUT2D eigenvalue weighted by molar-refractivity contribution is 7.89. The van der Waals surface area contributed by atoms with Crippen molar-refractivity contribution < 1.29 is 35.6 Å². The molecular formula is C6H3F4N3O5S. The maximum atomic E-state index is 13.2. The molecular weight excluding hydrogens is 302 g/mol. The number of primary sulfonamides is 1.